The van der Waals surface area contributed by atoms with Gasteiger partial charge in [-0.1, -0.05) is 6.58 Å². The minimum Gasteiger partial charge on any atom is -0.457 e. The lowest BCUT2D eigenvalue weighted by Gasteiger charge is -2.22. The number of piperidine rings is 1. The minimum atomic E-state index is -0.118. The minimum absolute atomic E-state index is 0.118. The van der Waals surface area contributed by atoms with E-state index >= 15 is 0 Å². The molecule has 0 saturated carbocycles. The van der Waals surface area contributed by atoms with Crippen molar-refractivity contribution in [1.82, 2.24) is 15.2 Å². The van der Waals surface area contributed by atoms with Gasteiger partial charge in [-0.05, 0) is 31.0 Å². The van der Waals surface area contributed by atoms with E-state index in [1.165, 1.54) is 6.42 Å². The molecule has 3 atom stereocenters. The molecular weight excluding hydrogens is 266 g/mol. The summed E-state index contributed by atoms with van der Waals surface area (Å²) in [6.45, 7) is 6.91. The molecule has 2 saturated heterocycles. The molecule has 2 aliphatic heterocycles. The highest BCUT2D eigenvalue weighted by atomic mass is 16.3. The predicted octanol–water partition coefficient (Wildman–Crippen LogP) is 1.90. The molecule has 1 amide bonds. The Morgan fingerprint density at radius 1 is 1.48 bits per heavy atom. The first-order valence-electron chi connectivity index (χ1n) is 7.28. The Morgan fingerprint density at radius 3 is 3.10 bits per heavy atom. The van der Waals surface area contributed by atoms with Crippen LogP contribution in [0.25, 0.3) is 17.0 Å². The van der Waals surface area contributed by atoms with E-state index in [0.717, 1.165) is 25.0 Å². The third kappa shape index (κ3) is 2.14. The van der Waals surface area contributed by atoms with Crippen molar-refractivity contribution in [3.63, 3.8) is 0 Å². The van der Waals surface area contributed by atoms with E-state index in [1.807, 2.05) is 6.07 Å². The second-order valence-corrected chi connectivity index (χ2v) is 5.85. The molecule has 2 aliphatic rings. The normalized spacial score (nSPS) is 27.1. The summed E-state index contributed by atoms with van der Waals surface area (Å²) < 4.78 is 5.58. The number of fused-ring (bicyclic) bond motifs is 3. The van der Waals surface area contributed by atoms with Crippen molar-refractivity contribution >= 4 is 23.0 Å². The Hall–Kier alpha value is -2.14. The van der Waals surface area contributed by atoms with Crippen LogP contribution in [0, 0.1) is 5.92 Å². The molecular formula is C16H17N3O2. The fraction of sp³-hybridized carbons (Fsp3) is 0.375. The zero-order chi connectivity index (χ0) is 14.4. The van der Waals surface area contributed by atoms with Crippen molar-refractivity contribution in [2.24, 2.45) is 5.92 Å². The number of rotatable bonds is 3. The fourth-order valence-electron chi connectivity index (χ4n) is 3.37. The van der Waals surface area contributed by atoms with E-state index in [1.54, 1.807) is 18.3 Å². The number of carbonyl (C=O) groups is 1. The van der Waals surface area contributed by atoms with Crippen LogP contribution in [0.5, 0.6) is 0 Å². The van der Waals surface area contributed by atoms with Gasteiger partial charge in [0, 0.05) is 36.8 Å². The number of hydrogen-bond donors (Lipinski definition) is 1. The van der Waals surface area contributed by atoms with Gasteiger partial charge >= 0.3 is 0 Å². The molecule has 4 heterocycles. The molecule has 108 valence electrons. The van der Waals surface area contributed by atoms with E-state index in [9.17, 15) is 4.79 Å². The molecule has 0 aliphatic carbocycles. The van der Waals surface area contributed by atoms with Gasteiger partial charge in [0.2, 0.25) is 0 Å². The van der Waals surface area contributed by atoms with Crippen molar-refractivity contribution in [2.75, 3.05) is 19.6 Å². The van der Waals surface area contributed by atoms with Crippen LogP contribution in [0.3, 0.4) is 0 Å². The van der Waals surface area contributed by atoms with E-state index in [-0.39, 0.29) is 11.9 Å². The van der Waals surface area contributed by atoms with Crippen LogP contribution in [0.1, 0.15) is 22.7 Å². The van der Waals surface area contributed by atoms with E-state index in [0.29, 0.717) is 23.0 Å². The monoisotopic (exact) mass is 283 g/mol. The summed E-state index contributed by atoms with van der Waals surface area (Å²) in [6, 6.07) is 3.81. The van der Waals surface area contributed by atoms with Gasteiger partial charge in [-0.25, -0.2) is 0 Å². The first kappa shape index (κ1) is 12.6. The average molecular weight is 283 g/mol. The summed E-state index contributed by atoms with van der Waals surface area (Å²) in [4.78, 5) is 19.0. The van der Waals surface area contributed by atoms with Gasteiger partial charge in [0.1, 0.15) is 17.0 Å². The first-order valence-corrected chi connectivity index (χ1v) is 7.28. The Kier molecular flexibility index (Phi) is 2.82. The van der Waals surface area contributed by atoms with Gasteiger partial charge < -0.3 is 14.6 Å². The number of amides is 1. The highest BCUT2D eigenvalue weighted by Crippen LogP contribution is 2.28. The number of furan rings is 1. The van der Waals surface area contributed by atoms with Gasteiger partial charge in [0.15, 0.2) is 0 Å². The lowest BCUT2D eigenvalue weighted by Crippen LogP contribution is -2.43. The quantitative estimate of drug-likeness (QED) is 0.934. The highest BCUT2D eigenvalue weighted by molar-refractivity contribution is 5.95. The lowest BCUT2D eigenvalue weighted by molar-refractivity contribution is 0.0919. The van der Waals surface area contributed by atoms with Gasteiger partial charge in [0.05, 0.1) is 0 Å². The highest BCUT2D eigenvalue weighted by Gasteiger charge is 2.38. The lowest BCUT2D eigenvalue weighted by atomic mass is 10.00. The van der Waals surface area contributed by atoms with Crippen molar-refractivity contribution < 1.29 is 9.21 Å². The molecule has 5 nitrogen and oxygen atoms in total. The van der Waals surface area contributed by atoms with Crippen LogP contribution in [-0.2, 0) is 0 Å². The van der Waals surface area contributed by atoms with Gasteiger partial charge in [0.25, 0.3) is 5.91 Å². The number of nitrogens with zero attached hydrogens (tertiary/aromatic N) is 2. The predicted molar refractivity (Wildman–Crippen MR) is 79.9 cm³/mol. The smallest absolute Gasteiger partial charge is 0.270 e. The molecule has 2 aromatic rings. The molecule has 5 heteroatoms. The molecule has 21 heavy (non-hydrogen) atoms. The topological polar surface area (TPSA) is 58.4 Å². The van der Waals surface area contributed by atoms with Crippen LogP contribution in [-0.4, -0.2) is 41.5 Å². The Morgan fingerprint density at radius 2 is 2.38 bits per heavy atom. The van der Waals surface area contributed by atoms with Crippen LogP contribution in [0.4, 0.5) is 0 Å². The number of pyridine rings is 1. The van der Waals surface area contributed by atoms with Crippen molar-refractivity contribution in [3.8, 4) is 0 Å². The van der Waals surface area contributed by atoms with Crippen LogP contribution in [0.2, 0.25) is 0 Å². The first-order chi connectivity index (χ1) is 10.2. The summed E-state index contributed by atoms with van der Waals surface area (Å²) >= 11 is 0. The molecule has 2 bridgehead atoms. The zero-order valence-electron chi connectivity index (χ0n) is 11.7. The molecule has 4 rings (SSSR count). The molecule has 3 unspecified atom stereocenters. The standard InChI is InChI=1S/C16H17N3O2/c1-2-12-5-11-7-17-13(6-15(11)21-12)16(20)18-14-9-19-4-3-10(14)8-19/h2,5-7,10,14H,1,3-4,8-9H2,(H,18,20). The fourth-order valence-corrected chi connectivity index (χ4v) is 3.37. The van der Waals surface area contributed by atoms with Crippen LogP contribution in [0.15, 0.2) is 29.3 Å². The Balaban J connectivity index is 1.54. The zero-order valence-corrected chi connectivity index (χ0v) is 11.7. The maximum absolute atomic E-state index is 12.3. The maximum atomic E-state index is 12.3. The van der Waals surface area contributed by atoms with Crippen molar-refractivity contribution in [1.29, 1.82) is 0 Å². The second-order valence-electron chi connectivity index (χ2n) is 5.85. The molecule has 0 radical (unpaired) electrons. The molecule has 2 aromatic heterocycles. The van der Waals surface area contributed by atoms with Crippen LogP contribution >= 0.6 is 0 Å². The summed E-state index contributed by atoms with van der Waals surface area (Å²) in [5, 5.41) is 3.99. The van der Waals surface area contributed by atoms with Gasteiger partial charge in [-0.15, -0.1) is 0 Å². The van der Waals surface area contributed by atoms with Gasteiger partial charge in [-0.3, -0.25) is 9.78 Å². The SMILES string of the molecule is C=Cc1cc2cnc(C(=O)NC3CN4CCC3C4)cc2o1. The average Bonchev–Trinajstić information content (AvgIpc) is 3.20. The van der Waals surface area contributed by atoms with Crippen LogP contribution < -0.4 is 5.32 Å². The van der Waals surface area contributed by atoms with E-state index in [4.69, 9.17) is 4.42 Å². The van der Waals surface area contributed by atoms with E-state index in [2.05, 4.69) is 21.8 Å². The number of hydrogen-bond acceptors (Lipinski definition) is 4. The number of aromatic nitrogens is 1. The number of nitrogens with one attached hydrogen (secondary N) is 1. The third-order valence-corrected chi connectivity index (χ3v) is 4.50. The van der Waals surface area contributed by atoms with Crippen molar-refractivity contribution in [3.05, 3.63) is 36.4 Å². The van der Waals surface area contributed by atoms with Gasteiger partial charge in [-0.2, -0.15) is 0 Å². The summed E-state index contributed by atoms with van der Waals surface area (Å²) in [5.74, 6) is 1.16. The molecule has 2 fully saturated rings. The van der Waals surface area contributed by atoms with Crippen molar-refractivity contribution in [2.45, 2.75) is 12.5 Å². The summed E-state index contributed by atoms with van der Waals surface area (Å²) in [6.07, 6.45) is 4.49. The molecule has 0 spiro atoms. The summed E-state index contributed by atoms with van der Waals surface area (Å²) in [5.41, 5.74) is 1.08. The Bertz CT molecular complexity index is 721. The maximum Gasteiger partial charge on any atom is 0.270 e. The summed E-state index contributed by atoms with van der Waals surface area (Å²) in [7, 11) is 0. The molecule has 0 aromatic carbocycles. The third-order valence-electron chi connectivity index (χ3n) is 4.50. The molecule has 1 N–H and O–H groups in total. The van der Waals surface area contributed by atoms with E-state index < -0.39 is 0 Å². The second kappa shape index (κ2) is 4.70. The Labute approximate surface area is 122 Å². The largest absolute Gasteiger partial charge is 0.457 e. The number of carbonyl (C=O) groups excluding carboxylic acids is 1.